The van der Waals surface area contributed by atoms with Crippen molar-refractivity contribution in [3.05, 3.63) is 185 Å². The molecule has 82 heavy (non-hydrogen) atoms. The number of rotatable bonds is 2. The smallest absolute Gasteiger partial charge is 0.252 e. The van der Waals surface area contributed by atoms with Crippen LogP contribution in [0.15, 0.2) is 152 Å². The van der Waals surface area contributed by atoms with Crippen molar-refractivity contribution < 1.29 is 0 Å². The van der Waals surface area contributed by atoms with Crippen LogP contribution in [0.25, 0.3) is 75.2 Å². The first-order valence-electron chi connectivity index (χ1n) is 29.4. The van der Waals surface area contributed by atoms with Crippen LogP contribution in [0, 0.1) is 11.3 Å². The van der Waals surface area contributed by atoms with Crippen LogP contribution < -0.4 is 26.2 Å². The third kappa shape index (κ3) is 7.16. The minimum absolute atomic E-state index is 0.0228. The number of anilines is 6. The Hall–Kier alpha value is -8.05. The molecule has 3 aromatic heterocycles. The van der Waals surface area contributed by atoms with Crippen molar-refractivity contribution in [3.63, 3.8) is 0 Å². The number of thiophene rings is 1. The predicted octanol–water partition coefficient (Wildman–Crippen LogP) is 19.0. The minimum atomic E-state index is -0.178. The van der Waals surface area contributed by atoms with Crippen LogP contribution in [0.5, 0.6) is 0 Å². The number of hydrogen-bond acceptors (Lipinski definition) is 4. The largest absolute Gasteiger partial charge is 0.310 e. The molecule has 0 spiro atoms. The van der Waals surface area contributed by atoms with Crippen LogP contribution in [-0.2, 0) is 27.1 Å². The lowest BCUT2D eigenvalue weighted by Crippen LogP contribution is -2.62. The van der Waals surface area contributed by atoms with Crippen molar-refractivity contribution in [2.75, 3.05) is 9.80 Å². The van der Waals surface area contributed by atoms with Crippen molar-refractivity contribution in [3.8, 4) is 17.4 Å². The van der Waals surface area contributed by atoms with Crippen molar-refractivity contribution in [1.29, 1.82) is 5.26 Å². The van der Waals surface area contributed by atoms with E-state index in [9.17, 15) is 5.26 Å². The van der Waals surface area contributed by atoms with Gasteiger partial charge in [-0.05, 0) is 162 Å². The lowest BCUT2D eigenvalue weighted by Gasteiger charge is -2.47. The van der Waals surface area contributed by atoms with Gasteiger partial charge in [0, 0.05) is 59.8 Å². The fourth-order valence-electron chi connectivity index (χ4n) is 14.0. The van der Waals surface area contributed by atoms with Gasteiger partial charge in [-0.25, -0.2) is 0 Å². The molecule has 0 fully saturated rings. The van der Waals surface area contributed by atoms with E-state index >= 15 is 0 Å². The predicted molar refractivity (Wildman–Crippen MR) is 354 cm³/mol. The third-order valence-electron chi connectivity index (χ3n) is 18.6. The van der Waals surface area contributed by atoms with Crippen LogP contribution in [0.3, 0.4) is 0 Å². The molecule has 3 aliphatic heterocycles. The Morgan fingerprint density at radius 3 is 1.51 bits per heavy atom. The number of nitriles is 1. The Labute approximate surface area is 487 Å². The van der Waals surface area contributed by atoms with Crippen LogP contribution in [0.2, 0.25) is 0 Å². The first kappa shape index (κ1) is 50.9. The summed E-state index contributed by atoms with van der Waals surface area (Å²) in [4.78, 5) is 5.13. The highest BCUT2D eigenvalue weighted by atomic mass is 32.1. The monoisotopic (exact) mass is 1080 g/mol. The second-order valence-electron chi connectivity index (χ2n) is 29.1. The zero-order valence-electron chi connectivity index (χ0n) is 50.2. The average molecular weight is 1080 g/mol. The Bertz CT molecular complexity index is 4790. The molecule has 5 nitrogen and oxygen atoms in total. The van der Waals surface area contributed by atoms with Crippen LogP contribution in [0.1, 0.15) is 137 Å². The van der Waals surface area contributed by atoms with Gasteiger partial charge < -0.3 is 18.9 Å². The van der Waals surface area contributed by atoms with Gasteiger partial charge in [0.05, 0.1) is 61.1 Å². The van der Waals surface area contributed by atoms with Crippen molar-refractivity contribution in [1.82, 2.24) is 9.13 Å². The summed E-state index contributed by atoms with van der Waals surface area (Å²) in [6.45, 7) is 34.8. The molecule has 12 aromatic rings. The number of benzene rings is 9. The molecular formula is C75H70BN5S. The molecule has 0 aliphatic carbocycles. The second-order valence-corrected chi connectivity index (χ2v) is 30.1. The molecule has 0 amide bonds. The zero-order valence-corrected chi connectivity index (χ0v) is 51.0. The zero-order chi connectivity index (χ0) is 57.2. The maximum absolute atomic E-state index is 11.5. The molecule has 0 radical (unpaired) electrons. The summed E-state index contributed by atoms with van der Waals surface area (Å²) in [5, 5.41) is 19.0. The van der Waals surface area contributed by atoms with Gasteiger partial charge >= 0.3 is 0 Å². The van der Waals surface area contributed by atoms with E-state index in [2.05, 4.69) is 281 Å². The third-order valence-corrected chi connectivity index (χ3v) is 19.8. The molecular weight excluding hydrogens is 1010 g/mol. The topological polar surface area (TPSA) is 40.1 Å². The van der Waals surface area contributed by atoms with Gasteiger partial charge in [-0.3, -0.25) is 0 Å². The molecule has 0 N–H and O–H groups in total. The highest BCUT2D eigenvalue weighted by Gasteiger charge is 2.48. The first-order chi connectivity index (χ1) is 38.8. The summed E-state index contributed by atoms with van der Waals surface area (Å²) in [5.41, 5.74) is 24.2. The van der Waals surface area contributed by atoms with E-state index in [0.717, 1.165) is 34.1 Å². The maximum Gasteiger partial charge on any atom is 0.252 e. The SMILES string of the molecule is CC(C)(C)c1cc2c3c(c1)-n1c4ccc(C(C)(C)C)cc4c4cc(C(C)(C)C)cc(c41)N3c1cc(C#N)cc3c1B2c1ccc(-n2c4ccc(C(C)(C)C)cc4c4cc(C(C)(C)C)ccc42)cc1N3c1cccc2c1sc1ccccc12. The van der Waals surface area contributed by atoms with E-state index in [-0.39, 0.29) is 33.8 Å². The van der Waals surface area contributed by atoms with Crippen molar-refractivity contribution in [2.24, 2.45) is 0 Å². The number of hydrogen-bond donors (Lipinski definition) is 0. The van der Waals surface area contributed by atoms with E-state index in [0.29, 0.717) is 5.56 Å². The van der Waals surface area contributed by atoms with E-state index in [1.54, 1.807) is 0 Å². The van der Waals surface area contributed by atoms with Crippen LogP contribution in [0.4, 0.5) is 34.1 Å². The number of nitrogens with zero attached hydrogens (tertiary/aromatic N) is 5. The molecule has 6 heterocycles. The summed E-state index contributed by atoms with van der Waals surface area (Å²) in [6, 6.07) is 61.6. The molecule has 9 aromatic carbocycles. The Morgan fingerprint density at radius 1 is 0.390 bits per heavy atom. The fraction of sp³-hybridized carbons (Fsp3) is 0.267. The fourth-order valence-corrected chi connectivity index (χ4v) is 15.2. The Balaban J connectivity index is 1.09. The van der Waals surface area contributed by atoms with E-state index in [1.165, 1.54) is 119 Å². The van der Waals surface area contributed by atoms with Crippen LogP contribution in [-0.4, -0.2) is 15.8 Å². The summed E-state index contributed by atoms with van der Waals surface area (Å²) < 4.78 is 7.59. The van der Waals surface area contributed by atoms with E-state index < -0.39 is 0 Å². The van der Waals surface area contributed by atoms with Crippen molar-refractivity contribution >= 4 is 132 Å². The lowest BCUT2D eigenvalue weighted by atomic mass is 9.33. The first-order valence-corrected chi connectivity index (χ1v) is 30.2. The van der Waals surface area contributed by atoms with E-state index in [4.69, 9.17) is 0 Å². The van der Waals surface area contributed by atoms with Crippen LogP contribution >= 0.6 is 11.3 Å². The van der Waals surface area contributed by atoms with Crippen molar-refractivity contribution in [2.45, 2.75) is 131 Å². The quantitative estimate of drug-likeness (QED) is 0.162. The van der Waals surface area contributed by atoms with Gasteiger partial charge in [0.1, 0.15) is 0 Å². The summed E-state index contributed by atoms with van der Waals surface area (Å²) in [7, 11) is 0. The minimum Gasteiger partial charge on any atom is -0.310 e. The molecule has 0 saturated carbocycles. The maximum atomic E-state index is 11.5. The molecule has 15 rings (SSSR count). The summed E-state index contributed by atoms with van der Waals surface area (Å²) in [6.07, 6.45) is 0. The summed E-state index contributed by atoms with van der Waals surface area (Å²) in [5.74, 6) is 0. The normalized spacial score (nSPS) is 14.2. The molecule has 3 aliphatic rings. The number of fused-ring (bicyclic) bond motifs is 15. The Morgan fingerprint density at radius 2 is 0.915 bits per heavy atom. The van der Waals surface area contributed by atoms with E-state index in [1.807, 2.05) is 11.3 Å². The van der Waals surface area contributed by atoms with Gasteiger partial charge in [-0.1, -0.05) is 165 Å². The van der Waals surface area contributed by atoms with Gasteiger partial charge in [0.2, 0.25) is 0 Å². The molecule has 0 atom stereocenters. The molecule has 0 bridgehead atoms. The highest BCUT2D eigenvalue weighted by molar-refractivity contribution is 7.26. The molecule has 7 heteroatoms. The Kier molecular flexibility index (Phi) is 10.3. The standard InChI is InChI=1S/C75H70BN5S/c1-71(2,3)43-23-28-57-51(33-43)52-34-44(72(4,5)6)24-29-58(52)78(57)48-26-27-55-61(40-48)79(60-21-18-20-50-49-19-16-17-22-66(49)82-70(50)60)62-31-42(41-77)32-63-67(62)76(55)56-37-47(75(13,14)15)39-65-69(56)81(63)64-38-46(74(10,11)12)36-54-53-35-45(73(7,8)9)25-30-59(53)80(65)68(54)64/h16-40H,1-15H3. The highest BCUT2D eigenvalue weighted by Crippen LogP contribution is 2.56. The number of aromatic nitrogens is 2. The average Bonchev–Trinajstić information content (AvgIpc) is 1.61. The second kappa shape index (κ2) is 16.6. The van der Waals surface area contributed by atoms with Gasteiger partial charge in [-0.15, -0.1) is 11.3 Å². The molecule has 0 unspecified atom stereocenters. The summed E-state index contributed by atoms with van der Waals surface area (Å²) >= 11 is 1.86. The lowest BCUT2D eigenvalue weighted by molar-refractivity contribution is 0.590. The van der Waals surface area contributed by atoms with Gasteiger partial charge in [-0.2, -0.15) is 5.26 Å². The van der Waals surface area contributed by atoms with Gasteiger partial charge in [0.15, 0.2) is 0 Å². The molecule has 404 valence electrons. The molecule has 0 saturated heterocycles. The van der Waals surface area contributed by atoms with Gasteiger partial charge in [0.25, 0.3) is 6.71 Å².